The zero-order chi connectivity index (χ0) is 10.0. The smallest absolute Gasteiger partial charge is 0.335 e. The van der Waals surface area contributed by atoms with Crippen molar-refractivity contribution in [3.8, 4) is 0 Å². The minimum absolute atomic E-state index is 0.0995. The predicted octanol–water partition coefficient (Wildman–Crippen LogP) is 1.39. The molecule has 1 aromatic carbocycles. The van der Waals surface area contributed by atoms with E-state index in [1.54, 1.807) is 6.92 Å². The molecule has 0 radical (unpaired) electrons. The molecule has 2 N–H and O–H groups in total. The molecule has 0 spiro atoms. The van der Waals surface area contributed by atoms with Crippen LogP contribution in [0.25, 0.3) is 0 Å². The number of carboxylic acids is 2. The average molecular weight is 180 g/mol. The first kappa shape index (κ1) is 9.25. The van der Waals surface area contributed by atoms with Crippen LogP contribution >= 0.6 is 0 Å². The van der Waals surface area contributed by atoms with E-state index in [4.69, 9.17) is 10.2 Å². The fourth-order valence-electron chi connectivity index (χ4n) is 1.04. The van der Waals surface area contributed by atoms with Crippen molar-refractivity contribution < 1.29 is 19.8 Å². The highest BCUT2D eigenvalue weighted by Gasteiger charge is 2.09. The largest absolute Gasteiger partial charge is 0.478 e. The van der Waals surface area contributed by atoms with E-state index in [1.807, 2.05) is 0 Å². The Bertz CT molecular complexity index is 368. The van der Waals surface area contributed by atoms with Gasteiger partial charge in [-0.1, -0.05) is 0 Å². The van der Waals surface area contributed by atoms with Crippen LogP contribution in [0.5, 0.6) is 0 Å². The fourth-order valence-corrected chi connectivity index (χ4v) is 1.04. The Morgan fingerprint density at radius 1 is 1.15 bits per heavy atom. The van der Waals surface area contributed by atoms with Crippen molar-refractivity contribution in [3.05, 3.63) is 34.9 Å². The number of carboxylic acid groups (broad SMARTS) is 2. The molecule has 13 heavy (non-hydrogen) atoms. The summed E-state index contributed by atoms with van der Waals surface area (Å²) in [6.07, 6.45) is 0. The maximum absolute atomic E-state index is 10.6. The molecule has 1 rings (SSSR count). The van der Waals surface area contributed by atoms with Crippen molar-refractivity contribution in [2.75, 3.05) is 0 Å². The molecule has 0 atom stereocenters. The first-order valence-corrected chi connectivity index (χ1v) is 3.59. The molecule has 0 aromatic heterocycles. The molecule has 0 saturated carbocycles. The summed E-state index contributed by atoms with van der Waals surface area (Å²) >= 11 is 0. The van der Waals surface area contributed by atoms with Crippen molar-refractivity contribution in [1.82, 2.24) is 0 Å². The van der Waals surface area contributed by atoms with Gasteiger partial charge in [0.2, 0.25) is 0 Å². The second-order valence-corrected chi connectivity index (χ2v) is 2.64. The Morgan fingerprint density at radius 2 is 1.77 bits per heavy atom. The number of hydrogen-bond acceptors (Lipinski definition) is 2. The molecule has 0 bridgehead atoms. The minimum Gasteiger partial charge on any atom is -0.478 e. The van der Waals surface area contributed by atoms with Crippen LogP contribution in [0.3, 0.4) is 0 Å². The van der Waals surface area contributed by atoms with Crippen LogP contribution in [-0.4, -0.2) is 22.2 Å². The quantitative estimate of drug-likeness (QED) is 0.721. The molecule has 4 heteroatoms. The van der Waals surface area contributed by atoms with E-state index in [9.17, 15) is 9.59 Å². The van der Waals surface area contributed by atoms with Gasteiger partial charge in [-0.05, 0) is 30.7 Å². The lowest BCUT2D eigenvalue weighted by molar-refractivity contribution is 0.0680. The summed E-state index contributed by atoms with van der Waals surface area (Å²) in [6.45, 7) is 1.57. The van der Waals surface area contributed by atoms with E-state index < -0.39 is 11.9 Å². The van der Waals surface area contributed by atoms with Crippen LogP contribution < -0.4 is 0 Å². The van der Waals surface area contributed by atoms with Gasteiger partial charge in [0.15, 0.2) is 0 Å². The monoisotopic (exact) mass is 180 g/mol. The lowest BCUT2D eigenvalue weighted by atomic mass is 10.1. The molecule has 0 amide bonds. The summed E-state index contributed by atoms with van der Waals surface area (Å²) in [4.78, 5) is 21.0. The van der Waals surface area contributed by atoms with Gasteiger partial charge < -0.3 is 10.2 Å². The maximum atomic E-state index is 10.6. The van der Waals surface area contributed by atoms with Crippen molar-refractivity contribution in [1.29, 1.82) is 0 Å². The van der Waals surface area contributed by atoms with Gasteiger partial charge in [-0.25, -0.2) is 9.59 Å². The van der Waals surface area contributed by atoms with E-state index in [0.29, 0.717) is 5.56 Å². The van der Waals surface area contributed by atoms with Crippen molar-refractivity contribution in [2.45, 2.75) is 6.92 Å². The number of aromatic carboxylic acids is 2. The van der Waals surface area contributed by atoms with Crippen molar-refractivity contribution in [2.24, 2.45) is 0 Å². The van der Waals surface area contributed by atoms with Crippen LogP contribution in [0.15, 0.2) is 18.2 Å². The first-order chi connectivity index (χ1) is 6.02. The molecular weight excluding hydrogens is 172 g/mol. The fraction of sp³-hybridized carbons (Fsp3) is 0.111. The van der Waals surface area contributed by atoms with Crippen LogP contribution in [0.2, 0.25) is 0 Å². The van der Waals surface area contributed by atoms with E-state index >= 15 is 0 Å². The van der Waals surface area contributed by atoms with Gasteiger partial charge in [-0.15, -0.1) is 0 Å². The summed E-state index contributed by atoms with van der Waals surface area (Å²) in [5, 5.41) is 17.2. The zero-order valence-corrected chi connectivity index (χ0v) is 6.94. The number of aryl methyl sites for hydroxylation is 1. The molecule has 0 unspecified atom stereocenters. The van der Waals surface area contributed by atoms with Crippen molar-refractivity contribution >= 4 is 11.9 Å². The van der Waals surface area contributed by atoms with Gasteiger partial charge in [0.05, 0.1) is 11.1 Å². The Morgan fingerprint density at radius 3 is 2.15 bits per heavy atom. The Balaban J connectivity index is 3.20. The molecule has 0 aliphatic carbocycles. The number of benzene rings is 1. The maximum Gasteiger partial charge on any atom is 0.335 e. The third-order valence-corrected chi connectivity index (χ3v) is 1.70. The third kappa shape index (κ3) is 1.84. The van der Waals surface area contributed by atoms with Gasteiger partial charge in [0.1, 0.15) is 0 Å². The highest BCUT2D eigenvalue weighted by Crippen LogP contribution is 2.10. The molecule has 0 heterocycles. The average Bonchev–Trinajstić information content (AvgIpc) is 2.03. The third-order valence-electron chi connectivity index (χ3n) is 1.70. The molecule has 0 aliphatic heterocycles. The molecule has 0 fully saturated rings. The van der Waals surface area contributed by atoms with Gasteiger partial charge in [-0.2, -0.15) is 0 Å². The number of hydrogen-bond donors (Lipinski definition) is 2. The molecule has 0 saturated heterocycles. The highest BCUT2D eigenvalue weighted by molar-refractivity contribution is 5.93. The van der Waals surface area contributed by atoms with Gasteiger partial charge in [0, 0.05) is 0 Å². The topological polar surface area (TPSA) is 74.6 Å². The summed E-state index contributed by atoms with van der Waals surface area (Å²) in [5.74, 6) is -2.10. The summed E-state index contributed by atoms with van der Waals surface area (Å²) in [6, 6.07) is 3.91. The molecular formula is C9H8O4. The van der Waals surface area contributed by atoms with Gasteiger partial charge in [-0.3, -0.25) is 0 Å². The second kappa shape index (κ2) is 3.26. The molecule has 68 valence electrons. The normalized spacial score (nSPS) is 9.62. The first-order valence-electron chi connectivity index (χ1n) is 3.59. The molecule has 1 aromatic rings. The lowest BCUT2D eigenvalue weighted by Gasteiger charge is -2.01. The Kier molecular flexibility index (Phi) is 2.32. The van der Waals surface area contributed by atoms with E-state index in [-0.39, 0.29) is 11.1 Å². The van der Waals surface area contributed by atoms with Crippen LogP contribution in [0, 0.1) is 6.92 Å². The van der Waals surface area contributed by atoms with E-state index in [2.05, 4.69) is 0 Å². The highest BCUT2D eigenvalue weighted by atomic mass is 16.4. The number of rotatable bonds is 2. The summed E-state index contributed by atoms with van der Waals surface area (Å²) in [5.41, 5.74) is 0.680. The van der Waals surface area contributed by atoms with Crippen molar-refractivity contribution in [3.63, 3.8) is 0 Å². The summed E-state index contributed by atoms with van der Waals surface area (Å²) < 4.78 is 0. The predicted molar refractivity (Wildman–Crippen MR) is 45.1 cm³/mol. The standard InChI is InChI=1S/C9H8O4/c1-5-4-6(8(10)11)2-3-7(5)9(12)13/h2-4H,1H3,(H,10,11)(H,12,13). The van der Waals surface area contributed by atoms with Gasteiger partial charge >= 0.3 is 11.9 Å². The van der Waals surface area contributed by atoms with Gasteiger partial charge in [0.25, 0.3) is 0 Å². The zero-order valence-electron chi connectivity index (χ0n) is 6.94. The van der Waals surface area contributed by atoms with Crippen LogP contribution in [0.4, 0.5) is 0 Å². The Labute approximate surface area is 74.4 Å². The SMILES string of the molecule is Cc1cc(C(=O)O)ccc1C(=O)O. The van der Waals surface area contributed by atoms with E-state index in [1.165, 1.54) is 18.2 Å². The van der Waals surface area contributed by atoms with Crippen LogP contribution in [0.1, 0.15) is 26.3 Å². The Hall–Kier alpha value is -1.84. The summed E-state index contributed by atoms with van der Waals surface area (Å²) in [7, 11) is 0. The van der Waals surface area contributed by atoms with Crippen LogP contribution in [-0.2, 0) is 0 Å². The molecule has 4 nitrogen and oxygen atoms in total. The number of carbonyl (C=O) groups is 2. The van der Waals surface area contributed by atoms with E-state index in [0.717, 1.165) is 0 Å². The lowest BCUT2D eigenvalue weighted by Crippen LogP contribution is -2.03. The second-order valence-electron chi connectivity index (χ2n) is 2.64. The minimum atomic E-state index is -1.06. The molecule has 0 aliphatic rings.